The zero-order valence-corrected chi connectivity index (χ0v) is 17.9. The number of hydrogen-bond donors (Lipinski definition) is 0. The summed E-state index contributed by atoms with van der Waals surface area (Å²) >= 11 is 0. The summed E-state index contributed by atoms with van der Waals surface area (Å²) in [5, 5.41) is 9.55. The standard InChI is InChI=1S/C25H24F4N2/c1-5-10-31-23-13-22(26)18(12-21(23)16(2)14-24(31,3)4)11-19(15-30)17-6-8-20(9-7-17)25(27,28)29/h6-9,11-14H,5,10H2,1-4H3/b19-11+. The number of halogens is 4. The smallest absolute Gasteiger partial charge is 0.362 e. The molecule has 0 amide bonds. The van der Waals surface area contributed by atoms with Gasteiger partial charge in [0, 0.05) is 23.4 Å². The number of hydrogen-bond acceptors (Lipinski definition) is 2. The molecule has 0 unspecified atom stereocenters. The van der Waals surface area contributed by atoms with Crippen LogP contribution in [-0.2, 0) is 6.18 Å². The van der Waals surface area contributed by atoms with Crippen LogP contribution in [0.15, 0.2) is 42.5 Å². The molecule has 162 valence electrons. The van der Waals surface area contributed by atoms with E-state index in [1.165, 1.54) is 24.3 Å². The monoisotopic (exact) mass is 428 g/mol. The minimum atomic E-state index is -4.46. The average Bonchev–Trinajstić information content (AvgIpc) is 2.69. The molecule has 3 rings (SSSR count). The van der Waals surface area contributed by atoms with Crippen LogP contribution in [0, 0.1) is 17.1 Å². The van der Waals surface area contributed by atoms with Crippen LogP contribution in [-0.4, -0.2) is 12.1 Å². The first-order valence-electron chi connectivity index (χ1n) is 10.1. The first-order chi connectivity index (χ1) is 14.5. The van der Waals surface area contributed by atoms with Crippen LogP contribution in [0.3, 0.4) is 0 Å². The first kappa shape index (κ1) is 22.6. The molecule has 0 atom stereocenters. The maximum Gasteiger partial charge on any atom is 0.416 e. The molecule has 0 aliphatic carbocycles. The van der Waals surface area contributed by atoms with Crippen LogP contribution in [0.4, 0.5) is 23.2 Å². The van der Waals surface area contributed by atoms with Gasteiger partial charge in [-0.2, -0.15) is 18.4 Å². The molecule has 6 heteroatoms. The molecule has 0 N–H and O–H groups in total. The van der Waals surface area contributed by atoms with Crippen molar-refractivity contribution in [3.63, 3.8) is 0 Å². The van der Waals surface area contributed by atoms with Crippen molar-refractivity contribution in [2.45, 2.75) is 45.8 Å². The van der Waals surface area contributed by atoms with Gasteiger partial charge in [-0.05, 0) is 68.7 Å². The Morgan fingerprint density at radius 3 is 2.35 bits per heavy atom. The van der Waals surface area contributed by atoms with Crippen LogP contribution in [0.2, 0.25) is 0 Å². The number of nitrogens with zero attached hydrogens (tertiary/aromatic N) is 2. The van der Waals surface area contributed by atoms with Crippen molar-refractivity contribution in [3.8, 4) is 6.07 Å². The molecule has 1 heterocycles. The normalized spacial score (nSPS) is 15.9. The molecular formula is C25H24F4N2. The van der Waals surface area contributed by atoms with Gasteiger partial charge in [-0.25, -0.2) is 4.39 Å². The third kappa shape index (κ3) is 4.51. The second-order valence-corrected chi connectivity index (χ2v) is 8.27. The van der Waals surface area contributed by atoms with Crippen molar-refractivity contribution in [2.75, 3.05) is 11.4 Å². The lowest BCUT2D eigenvalue weighted by molar-refractivity contribution is -0.137. The van der Waals surface area contributed by atoms with E-state index in [2.05, 4.69) is 31.7 Å². The summed E-state index contributed by atoms with van der Waals surface area (Å²) in [6.45, 7) is 8.97. The quantitative estimate of drug-likeness (QED) is 0.290. The van der Waals surface area contributed by atoms with Crippen LogP contribution in [0.1, 0.15) is 56.4 Å². The summed E-state index contributed by atoms with van der Waals surface area (Å²) in [6, 6.07) is 9.45. The Kier molecular flexibility index (Phi) is 6.00. The summed E-state index contributed by atoms with van der Waals surface area (Å²) in [5.74, 6) is -0.481. The molecule has 1 aliphatic heterocycles. The molecule has 0 saturated carbocycles. The van der Waals surface area contributed by atoms with E-state index in [1.807, 2.05) is 13.0 Å². The van der Waals surface area contributed by atoms with E-state index in [0.717, 1.165) is 41.9 Å². The fraction of sp³-hybridized carbons (Fsp3) is 0.320. The third-order valence-electron chi connectivity index (χ3n) is 5.49. The van der Waals surface area contributed by atoms with Crippen molar-refractivity contribution < 1.29 is 17.6 Å². The third-order valence-corrected chi connectivity index (χ3v) is 5.49. The second kappa shape index (κ2) is 8.22. The van der Waals surface area contributed by atoms with Gasteiger partial charge in [-0.15, -0.1) is 0 Å². The fourth-order valence-electron chi connectivity index (χ4n) is 4.03. The lowest BCUT2D eigenvalue weighted by Crippen LogP contribution is -2.45. The highest BCUT2D eigenvalue weighted by Gasteiger charge is 2.32. The van der Waals surface area contributed by atoms with Crippen molar-refractivity contribution in [1.82, 2.24) is 0 Å². The second-order valence-electron chi connectivity index (χ2n) is 8.27. The first-order valence-corrected chi connectivity index (χ1v) is 10.1. The highest BCUT2D eigenvalue weighted by Crippen LogP contribution is 2.40. The molecule has 0 saturated heterocycles. The Labute approximate surface area is 180 Å². The highest BCUT2D eigenvalue weighted by molar-refractivity contribution is 5.91. The number of fused-ring (bicyclic) bond motifs is 1. The summed E-state index contributed by atoms with van der Waals surface area (Å²) in [7, 11) is 0. The van der Waals surface area contributed by atoms with E-state index < -0.39 is 17.6 Å². The lowest BCUT2D eigenvalue weighted by atomic mass is 9.87. The predicted molar refractivity (Wildman–Crippen MR) is 117 cm³/mol. The SMILES string of the molecule is CCCN1c2cc(F)c(/C=C(\C#N)c3ccc(C(F)(F)F)cc3)cc2C(C)=CC1(C)C. The minimum absolute atomic E-state index is 0.0933. The molecule has 2 aromatic carbocycles. The maximum absolute atomic E-state index is 15.1. The Hall–Kier alpha value is -3.07. The number of anilines is 1. The molecule has 0 aromatic heterocycles. The molecule has 31 heavy (non-hydrogen) atoms. The maximum atomic E-state index is 15.1. The van der Waals surface area contributed by atoms with Crippen molar-refractivity contribution in [2.24, 2.45) is 0 Å². The van der Waals surface area contributed by atoms with Gasteiger partial charge in [0.15, 0.2) is 0 Å². The van der Waals surface area contributed by atoms with Crippen molar-refractivity contribution >= 4 is 22.9 Å². The van der Waals surface area contributed by atoms with Crippen LogP contribution in [0.25, 0.3) is 17.2 Å². The summed E-state index contributed by atoms with van der Waals surface area (Å²) in [5.41, 5.74) is 2.25. The van der Waals surface area contributed by atoms with Crippen molar-refractivity contribution in [3.05, 3.63) is 70.5 Å². The average molecular weight is 428 g/mol. The molecule has 2 nitrogen and oxygen atoms in total. The molecular weight excluding hydrogens is 404 g/mol. The van der Waals surface area contributed by atoms with E-state index in [-0.39, 0.29) is 16.7 Å². The molecule has 0 bridgehead atoms. The Morgan fingerprint density at radius 2 is 1.81 bits per heavy atom. The molecule has 2 aromatic rings. The number of rotatable bonds is 4. The molecule has 0 radical (unpaired) electrons. The van der Waals surface area contributed by atoms with Gasteiger partial charge in [-0.1, -0.05) is 25.1 Å². The van der Waals surface area contributed by atoms with E-state index in [9.17, 15) is 18.4 Å². The topological polar surface area (TPSA) is 27.0 Å². The van der Waals surface area contributed by atoms with E-state index >= 15 is 4.39 Å². The highest BCUT2D eigenvalue weighted by atomic mass is 19.4. The summed E-state index contributed by atoms with van der Waals surface area (Å²) in [6.07, 6.45) is -0.0277. The van der Waals surface area contributed by atoms with Gasteiger partial charge in [0.25, 0.3) is 0 Å². The largest absolute Gasteiger partial charge is 0.416 e. The van der Waals surface area contributed by atoms with Crippen LogP contribution in [0.5, 0.6) is 0 Å². The Morgan fingerprint density at radius 1 is 1.16 bits per heavy atom. The predicted octanol–water partition coefficient (Wildman–Crippen LogP) is 7.32. The van der Waals surface area contributed by atoms with Gasteiger partial charge in [0.1, 0.15) is 5.82 Å². The number of allylic oxidation sites excluding steroid dienone is 2. The van der Waals surface area contributed by atoms with E-state index in [1.54, 1.807) is 6.07 Å². The molecule has 0 spiro atoms. The number of benzene rings is 2. The van der Waals surface area contributed by atoms with Crippen LogP contribution < -0.4 is 4.90 Å². The van der Waals surface area contributed by atoms with Gasteiger partial charge in [-0.3, -0.25) is 0 Å². The van der Waals surface area contributed by atoms with E-state index in [4.69, 9.17) is 0 Å². The zero-order chi connectivity index (χ0) is 23.0. The van der Waals surface area contributed by atoms with Crippen LogP contribution >= 0.6 is 0 Å². The summed E-state index contributed by atoms with van der Waals surface area (Å²) < 4.78 is 53.5. The molecule has 0 fully saturated rings. The number of alkyl halides is 3. The molecule has 1 aliphatic rings. The Bertz CT molecular complexity index is 1080. The fourth-order valence-corrected chi connectivity index (χ4v) is 4.03. The zero-order valence-electron chi connectivity index (χ0n) is 17.9. The Balaban J connectivity index is 2.07. The summed E-state index contributed by atoms with van der Waals surface area (Å²) in [4.78, 5) is 2.16. The van der Waals surface area contributed by atoms with Gasteiger partial charge in [0.2, 0.25) is 0 Å². The number of nitriles is 1. The van der Waals surface area contributed by atoms with Gasteiger partial charge in [0.05, 0.1) is 22.7 Å². The van der Waals surface area contributed by atoms with Gasteiger partial charge < -0.3 is 4.90 Å². The lowest BCUT2D eigenvalue weighted by Gasteiger charge is -2.43. The minimum Gasteiger partial charge on any atom is -0.362 e. The van der Waals surface area contributed by atoms with Gasteiger partial charge >= 0.3 is 6.18 Å². The van der Waals surface area contributed by atoms with E-state index in [0.29, 0.717) is 5.56 Å². The van der Waals surface area contributed by atoms with Crippen molar-refractivity contribution in [1.29, 1.82) is 5.26 Å².